The van der Waals surface area contributed by atoms with Gasteiger partial charge in [-0.05, 0) is 109 Å². The molecule has 424 valence electrons. The summed E-state index contributed by atoms with van der Waals surface area (Å²) in [6.07, 6.45) is 13.7. The van der Waals surface area contributed by atoms with Gasteiger partial charge in [0.05, 0.1) is 44.2 Å². The molecule has 0 aliphatic carbocycles. The van der Waals surface area contributed by atoms with Gasteiger partial charge in [0.2, 0.25) is 0 Å². The van der Waals surface area contributed by atoms with Crippen LogP contribution in [0.25, 0.3) is 0 Å². The van der Waals surface area contributed by atoms with Gasteiger partial charge in [0.1, 0.15) is 17.0 Å². The molecule has 0 bridgehead atoms. The van der Waals surface area contributed by atoms with Crippen molar-refractivity contribution >= 4 is 42.5 Å². The van der Waals surface area contributed by atoms with Crippen LogP contribution in [-0.4, -0.2) is 73.8 Å². The summed E-state index contributed by atoms with van der Waals surface area (Å²) in [6, 6.07) is 18.6. The molecule has 11 heteroatoms. The Bertz CT molecular complexity index is 2150. The molecule has 1 aliphatic rings. The van der Waals surface area contributed by atoms with Gasteiger partial charge >= 0.3 is 0 Å². The van der Waals surface area contributed by atoms with Gasteiger partial charge in [-0.1, -0.05) is 201 Å². The van der Waals surface area contributed by atoms with Crippen LogP contribution < -0.4 is 4.74 Å². The maximum Gasteiger partial charge on any atom is 0.192 e. The molecule has 0 radical (unpaired) electrons. The van der Waals surface area contributed by atoms with Crippen LogP contribution in [0.1, 0.15) is 136 Å². The lowest BCUT2D eigenvalue weighted by Crippen LogP contribution is -2.55. The second-order valence-corrected chi connectivity index (χ2v) is 42.5. The fourth-order valence-corrected chi connectivity index (χ4v) is 14.8. The lowest BCUT2D eigenvalue weighted by atomic mass is 9.82. The molecular weight excluding hydrogens is 997 g/mol. The molecule has 2 aromatic rings. The number of ketones is 1. The molecule has 0 unspecified atom stereocenters. The van der Waals surface area contributed by atoms with Gasteiger partial charge in [0, 0.05) is 40.9 Å². The molecule has 1 heterocycles. The molecule has 7 nitrogen and oxygen atoms in total. The second kappa shape index (κ2) is 28.2. The number of allylic oxidation sites excluding steroid dienone is 3. The Balaban J connectivity index is 2.01. The Morgan fingerprint density at radius 2 is 1.27 bits per heavy atom. The summed E-state index contributed by atoms with van der Waals surface area (Å²) in [5, 5.41) is 0.119. The third-order valence-corrected chi connectivity index (χ3v) is 32.3. The molecule has 0 aromatic heterocycles. The number of hydrogen-bond donors (Lipinski definition) is 0. The first-order valence-corrected chi connectivity index (χ1v) is 37.9. The van der Waals surface area contributed by atoms with Crippen LogP contribution in [0.2, 0.25) is 54.4 Å². The number of rotatable bonds is 27. The van der Waals surface area contributed by atoms with Crippen molar-refractivity contribution in [2.75, 3.05) is 7.11 Å². The summed E-state index contributed by atoms with van der Waals surface area (Å²) < 4.78 is 41.6. The van der Waals surface area contributed by atoms with Gasteiger partial charge in [-0.3, -0.25) is 4.79 Å². The van der Waals surface area contributed by atoms with Crippen LogP contribution in [0, 0.1) is 41.4 Å². The lowest BCUT2D eigenvalue weighted by molar-refractivity contribution is -0.134. The number of carbonyl (C=O) groups is 1. The number of thioether (sulfide) groups is 1. The average molecular weight is 1110 g/mol. The van der Waals surface area contributed by atoms with Gasteiger partial charge in [-0.2, -0.15) is 0 Å². The van der Waals surface area contributed by atoms with Crippen LogP contribution in [0.15, 0.2) is 108 Å². The fourth-order valence-electron chi connectivity index (χ4n) is 9.44. The molecule has 75 heavy (non-hydrogen) atoms. The largest absolute Gasteiger partial charge is 0.497 e. The van der Waals surface area contributed by atoms with Gasteiger partial charge in [0.25, 0.3) is 0 Å². The Morgan fingerprint density at radius 3 is 1.80 bits per heavy atom. The highest BCUT2D eigenvalue weighted by Crippen LogP contribution is 2.47. The van der Waals surface area contributed by atoms with E-state index in [2.05, 4.69) is 211 Å². The number of hydrogen-bond acceptors (Lipinski definition) is 8. The minimum Gasteiger partial charge on any atom is -0.497 e. The highest BCUT2D eigenvalue weighted by atomic mass is 32.2. The number of Topliss-reactive ketones (excluding diaryl/α,β-unsaturated/α-hetero) is 1. The fraction of sp³-hybridized carbons (Fsp3) is 0.672. The van der Waals surface area contributed by atoms with Crippen molar-refractivity contribution in [2.45, 2.75) is 232 Å². The molecule has 1 fully saturated rings. The summed E-state index contributed by atoms with van der Waals surface area (Å²) in [7, 11) is -4.94. The standard InChI is InChI=1S/C64H108O7SSi3/c1-26-27-31-45(3)59(67-43-52-35-38-53(66-19)39-36-52)50(8)57(65)47(5)40-44(2)41-48(6)58(70-74(22,23)63(13,14)15)46(4)34-37-54(69-73(20,21)62(10,11)12)42-56-49(7)60(71-75(24,25)64(16,17)18)51(9)61(68-56)72-55-32-29-28-30-33-55/h26-39,41,45-51,54,56,58-61H,1,40,42-43H2,2-25H3/b31-27-,37-34-,44-41-/t45-,46-,47-,48-,49-,50-,51+,54+,56-,58-,59-,60-,61-/m0/s1. The average Bonchev–Trinajstić information content (AvgIpc) is 3.30. The van der Waals surface area contributed by atoms with Crippen LogP contribution in [0.5, 0.6) is 5.75 Å². The Labute approximate surface area is 467 Å². The van der Waals surface area contributed by atoms with Crippen LogP contribution >= 0.6 is 11.8 Å². The van der Waals surface area contributed by atoms with Gasteiger partial charge < -0.3 is 27.5 Å². The van der Waals surface area contributed by atoms with E-state index in [1.54, 1.807) is 13.2 Å². The number of carbonyl (C=O) groups excluding carboxylic acids is 1. The first-order valence-electron chi connectivity index (χ1n) is 28.3. The molecule has 1 aliphatic heterocycles. The van der Waals surface area contributed by atoms with E-state index in [-0.39, 0.29) is 98.3 Å². The van der Waals surface area contributed by atoms with E-state index in [0.29, 0.717) is 13.0 Å². The molecule has 0 saturated carbocycles. The van der Waals surface area contributed by atoms with Crippen LogP contribution in [-0.2, 0) is 34.2 Å². The Hall–Kier alpha value is -2.33. The van der Waals surface area contributed by atoms with Crippen molar-refractivity contribution in [3.8, 4) is 5.75 Å². The summed E-state index contributed by atoms with van der Waals surface area (Å²) in [5.74, 6) is 1.01. The zero-order valence-corrected chi connectivity index (χ0v) is 55.6. The monoisotopic (exact) mass is 1100 g/mol. The van der Waals surface area contributed by atoms with Crippen molar-refractivity contribution in [3.63, 3.8) is 0 Å². The summed E-state index contributed by atoms with van der Waals surface area (Å²) in [5.41, 5.74) is 2.16. The summed E-state index contributed by atoms with van der Waals surface area (Å²) >= 11 is 1.82. The number of ether oxygens (including phenoxy) is 3. The summed E-state index contributed by atoms with van der Waals surface area (Å²) in [6.45, 7) is 57.1. The topological polar surface area (TPSA) is 72.5 Å². The van der Waals surface area contributed by atoms with Crippen molar-refractivity contribution < 1.29 is 32.3 Å². The normalized spacial score (nSPS) is 23.1. The van der Waals surface area contributed by atoms with Crippen molar-refractivity contribution in [1.82, 2.24) is 0 Å². The third kappa shape index (κ3) is 19.5. The second-order valence-electron chi connectivity index (χ2n) is 27.0. The van der Waals surface area contributed by atoms with Crippen molar-refractivity contribution in [3.05, 3.63) is 109 Å². The molecule has 1 saturated heterocycles. The smallest absolute Gasteiger partial charge is 0.192 e. The molecule has 3 rings (SSSR count). The first kappa shape index (κ1) is 66.9. The van der Waals surface area contributed by atoms with Gasteiger partial charge in [-0.15, -0.1) is 0 Å². The first-order chi connectivity index (χ1) is 34.5. The number of benzene rings is 2. The van der Waals surface area contributed by atoms with Gasteiger partial charge in [-0.25, -0.2) is 0 Å². The summed E-state index contributed by atoms with van der Waals surface area (Å²) in [4.78, 5) is 15.6. The Kier molecular flexibility index (Phi) is 25.2. The van der Waals surface area contributed by atoms with E-state index in [4.69, 9.17) is 27.5 Å². The predicted molar refractivity (Wildman–Crippen MR) is 329 cm³/mol. The van der Waals surface area contributed by atoms with E-state index in [1.807, 2.05) is 49.0 Å². The molecular formula is C64H108O7SSi3. The van der Waals surface area contributed by atoms with E-state index >= 15 is 0 Å². The van der Waals surface area contributed by atoms with Crippen LogP contribution in [0.4, 0.5) is 0 Å². The minimum atomic E-state index is -2.25. The van der Waals surface area contributed by atoms with E-state index in [0.717, 1.165) is 17.7 Å². The molecule has 0 amide bonds. The quantitative estimate of drug-likeness (QED) is 0.0498. The zero-order chi connectivity index (χ0) is 57.1. The van der Waals surface area contributed by atoms with Crippen LogP contribution in [0.3, 0.4) is 0 Å². The van der Waals surface area contributed by atoms with Crippen molar-refractivity contribution in [1.29, 1.82) is 0 Å². The van der Waals surface area contributed by atoms with Gasteiger partial charge in [0.15, 0.2) is 25.0 Å². The lowest BCUT2D eigenvalue weighted by Gasteiger charge is -2.50. The molecule has 2 aromatic carbocycles. The highest BCUT2D eigenvalue weighted by molar-refractivity contribution is 7.99. The molecule has 13 atom stereocenters. The van der Waals surface area contributed by atoms with E-state index in [9.17, 15) is 4.79 Å². The molecule has 0 spiro atoms. The maximum atomic E-state index is 14.4. The molecule has 0 N–H and O–H groups in total. The number of methoxy groups -OCH3 is 1. The highest BCUT2D eigenvalue weighted by Gasteiger charge is 2.49. The van der Waals surface area contributed by atoms with E-state index < -0.39 is 25.0 Å². The predicted octanol–water partition coefficient (Wildman–Crippen LogP) is 18.3. The SMILES string of the molecule is C=C/C=C\[C@H](C)[C@H](OCc1ccc(OC)cc1)[C@@H](C)C(=O)[C@@H](C)C/C(C)=C\[C@H](C)[C@@H](O[Si](C)(C)C(C)(C)C)[C@@H](C)/C=C\[C@H](C[C@@H]1O[C@@H](Sc2ccccc2)[C@H](C)[C@@H](O[Si](C)(C)C(C)(C)C)[C@H]1C)O[Si](C)(C)C(C)(C)C. The zero-order valence-electron chi connectivity index (χ0n) is 51.8. The maximum absolute atomic E-state index is 14.4. The third-order valence-electron chi connectivity index (χ3n) is 17.5. The minimum absolute atomic E-state index is 0.00912. The van der Waals surface area contributed by atoms with E-state index in [1.165, 1.54) is 10.5 Å². The Morgan fingerprint density at radius 1 is 0.720 bits per heavy atom. The van der Waals surface area contributed by atoms with Crippen molar-refractivity contribution in [2.24, 2.45) is 41.4 Å².